The van der Waals surface area contributed by atoms with Gasteiger partial charge in [-0.1, -0.05) is 57.0 Å². The number of amides is 1. The predicted molar refractivity (Wildman–Crippen MR) is 86.1 cm³/mol. The topological polar surface area (TPSA) is 46.2 Å². The first-order valence-corrected chi connectivity index (χ1v) is 8.03. The maximum absolute atomic E-state index is 12.3. The zero-order valence-electron chi connectivity index (χ0n) is 13.2. The summed E-state index contributed by atoms with van der Waals surface area (Å²) in [7, 11) is 0. The summed E-state index contributed by atoms with van der Waals surface area (Å²) in [5.74, 6) is 0.133. The summed E-state index contributed by atoms with van der Waals surface area (Å²) < 4.78 is 0. The Balaban J connectivity index is 2.65. The first-order chi connectivity index (χ1) is 10.2. The molecular weight excluding hydrogens is 262 g/mol. The molecule has 1 rings (SSSR count). The van der Waals surface area contributed by atoms with Crippen LogP contribution in [0.25, 0.3) is 0 Å². The molecule has 21 heavy (non-hydrogen) atoms. The third-order valence-electron chi connectivity index (χ3n) is 3.54. The van der Waals surface area contributed by atoms with Crippen LogP contribution in [0.5, 0.6) is 0 Å². The number of Topliss-reactive ketones (excluding diaryl/α,β-unsaturated/α-hetero) is 1. The van der Waals surface area contributed by atoms with E-state index in [9.17, 15) is 9.59 Å². The number of carbonyl (C=O) groups is 2. The Bertz CT molecular complexity index is 428. The Morgan fingerprint density at radius 1 is 1.00 bits per heavy atom. The van der Waals surface area contributed by atoms with Crippen LogP contribution in [0.2, 0.25) is 0 Å². The molecule has 0 bridgehead atoms. The highest BCUT2D eigenvalue weighted by atomic mass is 16.2. The van der Waals surface area contributed by atoms with Crippen molar-refractivity contribution in [2.24, 2.45) is 0 Å². The van der Waals surface area contributed by atoms with Gasteiger partial charge in [0.15, 0.2) is 5.78 Å². The summed E-state index contributed by atoms with van der Waals surface area (Å²) in [5, 5.41) is 2.92. The molecule has 1 N–H and O–H groups in total. The lowest BCUT2D eigenvalue weighted by Crippen LogP contribution is -2.42. The average molecular weight is 289 g/mol. The molecule has 0 radical (unpaired) electrons. The third kappa shape index (κ3) is 7.07. The lowest BCUT2D eigenvalue weighted by atomic mass is 9.99. The van der Waals surface area contributed by atoms with E-state index in [2.05, 4.69) is 19.2 Å². The van der Waals surface area contributed by atoms with Gasteiger partial charge in [-0.25, -0.2) is 0 Å². The standard InChI is InChI=1S/C18H27NO2/c1-3-5-12-17(20)16(19-18(21)13-6-4-2)14-15-10-8-7-9-11-15/h7-11,16H,3-6,12-14H2,1-2H3,(H,19,21). The lowest BCUT2D eigenvalue weighted by Gasteiger charge is -2.18. The normalized spacial score (nSPS) is 11.9. The molecule has 1 atom stereocenters. The van der Waals surface area contributed by atoms with Crippen molar-refractivity contribution < 1.29 is 9.59 Å². The number of unbranched alkanes of at least 4 members (excludes halogenated alkanes) is 2. The molecule has 3 nitrogen and oxygen atoms in total. The zero-order valence-corrected chi connectivity index (χ0v) is 13.2. The van der Waals surface area contributed by atoms with Gasteiger partial charge in [0.2, 0.25) is 5.91 Å². The minimum Gasteiger partial charge on any atom is -0.346 e. The molecule has 116 valence electrons. The van der Waals surface area contributed by atoms with Crippen LogP contribution >= 0.6 is 0 Å². The van der Waals surface area contributed by atoms with Crippen LogP contribution in [0.3, 0.4) is 0 Å². The van der Waals surface area contributed by atoms with Crippen LogP contribution in [-0.4, -0.2) is 17.7 Å². The Hall–Kier alpha value is -1.64. The maximum atomic E-state index is 12.3. The van der Waals surface area contributed by atoms with Crippen molar-refractivity contribution in [1.29, 1.82) is 0 Å². The van der Waals surface area contributed by atoms with Crippen LogP contribution in [-0.2, 0) is 16.0 Å². The minimum atomic E-state index is -0.386. The van der Waals surface area contributed by atoms with Crippen molar-refractivity contribution in [3.05, 3.63) is 35.9 Å². The van der Waals surface area contributed by atoms with E-state index in [1.807, 2.05) is 30.3 Å². The fourth-order valence-corrected chi connectivity index (χ4v) is 2.22. The van der Waals surface area contributed by atoms with Crippen molar-refractivity contribution in [2.45, 2.75) is 64.8 Å². The fraction of sp³-hybridized carbons (Fsp3) is 0.556. The second kappa shape index (κ2) is 10.1. The summed E-state index contributed by atoms with van der Waals surface area (Å²) in [6.45, 7) is 4.13. The van der Waals surface area contributed by atoms with E-state index in [1.54, 1.807) is 0 Å². The SMILES string of the molecule is CCCCC(=O)NC(Cc1ccccc1)C(=O)CCCC. The number of carbonyl (C=O) groups excluding carboxylic acids is 2. The van der Waals surface area contributed by atoms with Gasteiger partial charge in [-0.2, -0.15) is 0 Å². The molecule has 0 aliphatic carbocycles. The molecule has 1 unspecified atom stereocenters. The van der Waals surface area contributed by atoms with Gasteiger partial charge in [0.25, 0.3) is 0 Å². The number of rotatable bonds is 10. The molecule has 0 heterocycles. The smallest absolute Gasteiger partial charge is 0.220 e. The number of hydrogen-bond acceptors (Lipinski definition) is 2. The summed E-state index contributed by atoms with van der Waals surface area (Å²) in [5.41, 5.74) is 1.09. The molecule has 0 saturated carbocycles. The van der Waals surface area contributed by atoms with Crippen LogP contribution in [0, 0.1) is 0 Å². The molecule has 1 aromatic rings. The average Bonchev–Trinajstić information content (AvgIpc) is 2.51. The van der Waals surface area contributed by atoms with Gasteiger partial charge in [-0.15, -0.1) is 0 Å². The van der Waals surface area contributed by atoms with E-state index in [1.165, 1.54) is 0 Å². The fourth-order valence-electron chi connectivity index (χ4n) is 2.22. The van der Waals surface area contributed by atoms with E-state index in [4.69, 9.17) is 0 Å². The second-order valence-electron chi connectivity index (χ2n) is 5.48. The van der Waals surface area contributed by atoms with Crippen molar-refractivity contribution >= 4 is 11.7 Å². The second-order valence-corrected chi connectivity index (χ2v) is 5.48. The molecular formula is C18H27NO2. The first-order valence-electron chi connectivity index (χ1n) is 8.03. The Morgan fingerprint density at radius 2 is 1.62 bits per heavy atom. The molecule has 3 heteroatoms. The third-order valence-corrected chi connectivity index (χ3v) is 3.54. The summed E-state index contributed by atoms with van der Waals surface area (Å²) in [6.07, 6.45) is 5.36. The molecule has 0 spiro atoms. The van der Waals surface area contributed by atoms with E-state index in [0.717, 1.165) is 31.2 Å². The molecule has 0 aromatic heterocycles. The Morgan fingerprint density at radius 3 is 2.24 bits per heavy atom. The van der Waals surface area contributed by atoms with Gasteiger partial charge >= 0.3 is 0 Å². The molecule has 0 aliphatic heterocycles. The van der Waals surface area contributed by atoms with Gasteiger partial charge in [0.1, 0.15) is 0 Å². The summed E-state index contributed by atoms with van der Waals surface area (Å²) in [6, 6.07) is 9.49. The van der Waals surface area contributed by atoms with E-state index >= 15 is 0 Å². The van der Waals surface area contributed by atoms with Crippen LogP contribution in [0.15, 0.2) is 30.3 Å². The van der Waals surface area contributed by atoms with Crippen molar-refractivity contribution in [3.8, 4) is 0 Å². The number of ketones is 1. The van der Waals surface area contributed by atoms with E-state index in [0.29, 0.717) is 19.3 Å². The minimum absolute atomic E-state index is 0.0115. The largest absolute Gasteiger partial charge is 0.346 e. The van der Waals surface area contributed by atoms with Gasteiger partial charge in [-0.3, -0.25) is 9.59 Å². The first kappa shape index (κ1) is 17.4. The summed E-state index contributed by atoms with van der Waals surface area (Å²) >= 11 is 0. The van der Waals surface area contributed by atoms with Crippen LogP contribution in [0.4, 0.5) is 0 Å². The molecule has 1 aromatic carbocycles. The highest BCUT2D eigenvalue weighted by Crippen LogP contribution is 2.08. The monoisotopic (exact) mass is 289 g/mol. The van der Waals surface area contributed by atoms with Gasteiger partial charge in [-0.05, 0) is 24.8 Å². The highest BCUT2D eigenvalue weighted by Gasteiger charge is 2.20. The van der Waals surface area contributed by atoms with E-state index < -0.39 is 0 Å². The zero-order chi connectivity index (χ0) is 15.5. The molecule has 0 saturated heterocycles. The summed E-state index contributed by atoms with van der Waals surface area (Å²) in [4.78, 5) is 24.2. The lowest BCUT2D eigenvalue weighted by molar-refractivity contribution is -0.128. The maximum Gasteiger partial charge on any atom is 0.220 e. The molecule has 1 amide bonds. The van der Waals surface area contributed by atoms with Crippen molar-refractivity contribution in [1.82, 2.24) is 5.32 Å². The van der Waals surface area contributed by atoms with Gasteiger partial charge < -0.3 is 5.32 Å². The van der Waals surface area contributed by atoms with Crippen LogP contribution < -0.4 is 5.32 Å². The number of nitrogens with one attached hydrogen (secondary N) is 1. The van der Waals surface area contributed by atoms with Crippen LogP contribution in [0.1, 0.15) is 57.9 Å². The molecule has 0 fully saturated rings. The van der Waals surface area contributed by atoms with Crippen molar-refractivity contribution in [2.75, 3.05) is 0 Å². The van der Waals surface area contributed by atoms with Gasteiger partial charge in [0, 0.05) is 12.8 Å². The molecule has 0 aliphatic rings. The predicted octanol–water partition coefficient (Wildman–Crippen LogP) is 3.66. The number of benzene rings is 1. The Labute approximate surface area is 128 Å². The quantitative estimate of drug-likeness (QED) is 0.714. The van der Waals surface area contributed by atoms with E-state index in [-0.39, 0.29) is 17.7 Å². The number of hydrogen-bond donors (Lipinski definition) is 1. The van der Waals surface area contributed by atoms with Gasteiger partial charge in [0.05, 0.1) is 6.04 Å². The van der Waals surface area contributed by atoms with Crippen molar-refractivity contribution in [3.63, 3.8) is 0 Å². The highest BCUT2D eigenvalue weighted by molar-refractivity contribution is 5.89. The Kier molecular flexibility index (Phi) is 8.41.